The second-order valence-corrected chi connectivity index (χ2v) is 5.35. The molecule has 0 bridgehead atoms. The predicted molar refractivity (Wildman–Crippen MR) is 95.4 cm³/mol. The zero-order valence-corrected chi connectivity index (χ0v) is 14.0. The summed E-state index contributed by atoms with van der Waals surface area (Å²) in [5, 5.41) is 26.4. The second kappa shape index (κ2) is 9.42. The number of ether oxygens (including phenoxy) is 1. The van der Waals surface area contributed by atoms with Gasteiger partial charge in [-0.05, 0) is 48.4 Å². The van der Waals surface area contributed by atoms with Crippen LogP contribution in [-0.2, 0) is 13.2 Å². The van der Waals surface area contributed by atoms with Crippen molar-refractivity contribution in [2.75, 3.05) is 0 Å². The second-order valence-electron chi connectivity index (χ2n) is 5.35. The highest BCUT2D eigenvalue weighted by Crippen LogP contribution is 2.20. The number of aryl methyl sites for hydroxylation is 1. The first-order valence-electron chi connectivity index (χ1n) is 7.81. The zero-order chi connectivity index (χ0) is 18.1. The number of aromatic hydroxyl groups is 1. The van der Waals surface area contributed by atoms with Crippen molar-refractivity contribution in [2.24, 2.45) is 0 Å². The predicted octanol–water partition coefficient (Wildman–Crippen LogP) is 3.56. The van der Waals surface area contributed by atoms with E-state index in [4.69, 9.17) is 20.1 Å². The summed E-state index contributed by atoms with van der Waals surface area (Å²) < 4.78 is 5.58. The molecule has 3 aromatic rings. The van der Waals surface area contributed by atoms with Gasteiger partial charge in [-0.25, -0.2) is 4.98 Å². The minimum absolute atomic E-state index is 0.0123. The summed E-state index contributed by atoms with van der Waals surface area (Å²) in [4.78, 5) is 4.24. The summed E-state index contributed by atoms with van der Waals surface area (Å²) in [6.45, 7) is 1.91. The lowest BCUT2D eigenvalue weighted by Gasteiger charge is -2.06. The fraction of sp³-hybridized carbons (Fsp3) is 0.150. The number of phenolic OH excluding ortho intramolecular Hbond substituents is 1. The maximum Gasteiger partial charge on any atom is 0.219 e. The first kappa shape index (κ1) is 18.4. The fourth-order valence-electron chi connectivity index (χ4n) is 2.06. The molecular weight excluding hydrogens is 318 g/mol. The number of hydrogen-bond acceptors (Lipinski definition) is 5. The van der Waals surface area contributed by atoms with Gasteiger partial charge in [0.25, 0.3) is 0 Å². The van der Waals surface area contributed by atoms with Crippen LogP contribution in [0.1, 0.15) is 16.8 Å². The van der Waals surface area contributed by atoms with Crippen LogP contribution in [0, 0.1) is 6.92 Å². The molecule has 0 saturated carbocycles. The van der Waals surface area contributed by atoms with E-state index in [1.807, 2.05) is 37.3 Å². The topological polar surface area (TPSA) is 82.8 Å². The number of pyridine rings is 1. The largest absolute Gasteiger partial charge is 0.508 e. The number of phenols is 1. The van der Waals surface area contributed by atoms with E-state index in [2.05, 4.69) is 4.98 Å². The van der Waals surface area contributed by atoms with Gasteiger partial charge >= 0.3 is 0 Å². The quantitative estimate of drug-likeness (QED) is 0.677. The average Bonchev–Trinajstić information content (AvgIpc) is 2.62. The van der Waals surface area contributed by atoms with Crippen LogP contribution in [0.4, 0.5) is 0 Å². The number of aromatic nitrogens is 1. The Bertz CT molecular complexity index is 805. The van der Waals surface area contributed by atoms with E-state index in [0.29, 0.717) is 11.6 Å². The normalized spacial score (nSPS) is 9.88. The molecule has 3 N–H and O–H groups in total. The Hall–Kier alpha value is -2.89. The Kier molecular flexibility index (Phi) is 6.95. The molecule has 0 amide bonds. The highest BCUT2D eigenvalue weighted by molar-refractivity contribution is 5.31. The molecule has 0 aliphatic rings. The van der Waals surface area contributed by atoms with E-state index in [9.17, 15) is 0 Å². The Balaban J connectivity index is 0.000000212. The van der Waals surface area contributed by atoms with Crippen molar-refractivity contribution in [2.45, 2.75) is 20.1 Å². The van der Waals surface area contributed by atoms with Gasteiger partial charge in [-0.2, -0.15) is 0 Å². The van der Waals surface area contributed by atoms with E-state index < -0.39 is 0 Å². The van der Waals surface area contributed by atoms with Gasteiger partial charge in [-0.3, -0.25) is 0 Å². The van der Waals surface area contributed by atoms with Crippen molar-refractivity contribution in [3.8, 4) is 17.4 Å². The van der Waals surface area contributed by atoms with Crippen LogP contribution in [0.15, 0.2) is 66.7 Å². The molecule has 5 nitrogen and oxygen atoms in total. The smallest absolute Gasteiger partial charge is 0.219 e. The van der Waals surface area contributed by atoms with E-state index in [1.54, 1.807) is 30.3 Å². The third-order valence-corrected chi connectivity index (χ3v) is 3.26. The lowest BCUT2D eigenvalue weighted by molar-refractivity contribution is 0.281. The molecular formula is C20H21NO4. The van der Waals surface area contributed by atoms with E-state index in [-0.39, 0.29) is 19.0 Å². The van der Waals surface area contributed by atoms with Gasteiger partial charge in [-0.15, -0.1) is 0 Å². The number of hydrogen-bond donors (Lipinski definition) is 3. The minimum atomic E-state index is -0.0194. The lowest BCUT2D eigenvalue weighted by atomic mass is 10.2. The molecule has 1 heterocycles. The summed E-state index contributed by atoms with van der Waals surface area (Å²) >= 11 is 0. The minimum Gasteiger partial charge on any atom is -0.508 e. The highest BCUT2D eigenvalue weighted by Gasteiger charge is 1.99. The van der Waals surface area contributed by atoms with Crippen LogP contribution in [-0.4, -0.2) is 20.3 Å². The molecule has 0 atom stereocenters. The van der Waals surface area contributed by atoms with Crippen LogP contribution in [0.25, 0.3) is 0 Å². The molecule has 5 heteroatoms. The summed E-state index contributed by atoms with van der Waals surface area (Å²) in [5.74, 6) is 1.45. The maximum absolute atomic E-state index is 9.00. The monoisotopic (exact) mass is 339 g/mol. The van der Waals surface area contributed by atoms with Crippen molar-refractivity contribution in [1.82, 2.24) is 4.98 Å². The summed E-state index contributed by atoms with van der Waals surface area (Å²) in [7, 11) is 0. The van der Waals surface area contributed by atoms with Crippen molar-refractivity contribution in [3.05, 3.63) is 83.6 Å². The summed E-state index contributed by atoms with van der Waals surface area (Å²) in [6.07, 6.45) is 0. The van der Waals surface area contributed by atoms with Crippen LogP contribution in [0.3, 0.4) is 0 Å². The molecule has 2 aromatic carbocycles. The van der Waals surface area contributed by atoms with E-state index in [0.717, 1.165) is 16.8 Å². The van der Waals surface area contributed by atoms with E-state index >= 15 is 0 Å². The standard InChI is InChI=1S/C13H13NO2.C7H8O2/c1-10-4-2-7-13(14-10)16-12-6-3-5-11(8-12)9-15;8-5-6-2-1-3-7(9)4-6/h2-8,15H,9H2,1H3;1-4,8-9H,5H2. The molecule has 0 spiro atoms. The molecule has 1 aromatic heterocycles. The van der Waals surface area contributed by atoms with Crippen molar-refractivity contribution in [3.63, 3.8) is 0 Å². The van der Waals surface area contributed by atoms with Gasteiger partial charge in [0.2, 0.25) is 5.88 Å². The molecule has 0 fully saturated rings. The fourth-order valence-corrected chi connectivity index (χ4v) is 2.06. The van der Waals surface area contributed by atoms with E-state index in [1.165, 1.54) is 6.07 Å². The Morgan fingerprint density at radius 2 is 1.48 bits per heavy atom. The summed E-state index contributed by atoms with van der Waals surface area (Å²) in [6, 6.07) is 19.5. The molecule has 0 aliphatic carbocycles. The number of rotatable bonds is 4. The Morgan fingerprint density at radius 1 is 0.840 bits per heavy atom. The molecule has 0 radical (unpaired) electrons. The van der Waals surface area contributed by atoms with Crippen molar-refractivity contribution >= 4 is 0 Å². The van der Waals surface area contributed by atoms with Crippen LogP contribution in [0.5, 0.6) is 17.4 Å². The number of aliphatic hydroxyl groups excluding tert-OH is 2. The number of aliphatic hydroxyl groups is 2. The van der Waals surface area contributed by atoms with Crippen LogP contribution >= 0.6 is 0 Å². The summed E-state index contributed by atoms with van der Waals surface area (Å²) in [5.41, 5.74) is 2.47. The highest BCUT2D eigenvalue weighted by atomic mass is 16.5. The SMILES string of the molecule is Cc1cccc(Oc2cccc(CO)c2)n1.OCc1cccc(O)c1. The molecule has 130 valence electrons. The maximum atomic E-state index is 9.00. The van der Waals surface area contributed by atoms with Gasteiger partial charge in [0.05, 0.1) is 13.2 Å². The zero-order valence-electron chi connectivity index (χ0n) is 14.0. The molecule has 3 rings (SSSR count). The lowest BCUT2D eigenvalue weighted by Crippen LogP contribution is -1.90. The molecule has 0 aliphatic heterocycles. The van der Waals surface area contributed by atoms with Crippen LogP contribution < -0.4 is 4.74 Å². The molecule has 25 heavy (non-hydrogen) atoms. The van der Waals surface area contributed by atoms with Crippen molar-refractivity contribution < 1.29 is 20.1 Å². The first-order chi connectivity index (χ1) is 12.1. The third-order valence-electron chi connectivity index (χ3n) is 3.26. The van der Waals surface area contributed by atoms with Gasteiger partial charge < -0.3 is 20.1 Å². The Labute approximate surface area is 146 Å². The van der Waals surface area contributed by atoms with Crippen molar-refractivity contribution in [1.29, 1.82) is 0 Å². The van der Waals surface area contributed by atoms with Gasteiger partial charge in [0.15, 0.2) is 0 Å². The Morgan fingerprint density at radius 3 is 2.08 bits per heavy atom. The number of nitrogens with zero attached hydrogens (tertiary/aromatic N) is 1. The van der Waals surface area contributed by atoms with Gasteiger partial charge in [-0.1, -0.05) is 30.3 Å². The number of benzene rings is 2. The van der Waals surface area contributed by atoms with Crippen LogP contribution in [0.2, 0.25) is 0 Å². The van der Waals surface area contributed by atoms with Gasteiger partial charge in [0, 0.05) is 11.8 Å². The third kappa shape index (κ3) is 6.25. The molecule has 0 unspecified atom stereocenters. The molecule has 0 saturated heterocycles. The van der Waals surface area contributed by atoms with Gasteiger partial charge in [0.1, 0.15) is 11.5 Å². The first-order valence-corrected chi connectivity index (χ1v) is 7.81. The average molecular weight is 339 g/mol.